The molecule has 10 nitrogen and oxygen atoms in total. The average Bonchev–Trinajstić information content (AvgIpc) is 2.78. The van der Waals surface area contributed by atoms with Crippen molar-refractivity contribution in [1.82, 2.24) is 15.5 Å². The number of halogens is 3. The number of alkyl halides is 3. The maximum absolute atomic E-state index is 13.1. The molecule has 2 atom stereocenters. The molecule has 196 valence electrons. The third kappa shape index (κ3) is 8.92. The van der Waals surface area contributed by atoms with E-state index in [2.05, 4.69) is 10.6 Å². The van der Waals surface area contributed by atoms with E-state index in [9.17, 15) is 47.0 Å². The smallest absolute Gasteiger partial charge is 0.394 e. The van der Waals surface area contributed by atoms with Crippen LogP contribution < -0.4 is 10.6 Å². The summed E-state index contributed by atoms with van der Waals surface area (Å²) in [6.07, 6.45) is -4.58. The van der Waals surface area contributed by atoms with E-state index in [1.807, 2.05) is 0 Å². The lowest BCUT2D eigenvalue weighted by molar-refractivity contribution is -0.138. The van der Waals surface area contributed by atoms with E-state index in [1.54, 1.807) is 0 Å². The number of nitrogens with zero attached hydrogens (tertiary/aromatic N) is 1. The fraction of sp³-hybridized carbons (Fsp3) is 0.571. The Morgan fingerprint density at radius 1 is 1.09 bits per heavy atom. The number of nitrogens with one attached hydrogen (secondary N) is 2. The first-order valence-corrected chi connectivity index (χ1v) is 12.7. The van der Waals surface area contributed by atoms with Crippen molar-refractivity contribution in [3.8, 4) is 0 Å². The molecule has 1 saturated heterocycles. The third-order valence-corrected chi connectivity index (χ3v) is 6.56. The minimum atomic E-state index is -4.48. The molecule has 1 aliphatic heterocycles. The van der Waals surface area contributed by atoms with Gasteiger partial charge in [-0.15, -0.1) is 0 Å². The molecule has 1 aliphatic rings. The van der Waals surface area contributed by atoms with Crippen LogP contribution in [0.2, 0.25) is 0 Å². The van der Waals surface area contributed by atoms with Crippen molar-refractivity contribution in [3.05, 3.63) is 35.4 Å². The number of benzene rings is 1. The zero-order chi connectivity index (χ0) is 26.4. The molecule has 0 bridgehead atoms. The minimum absolute atomic E-state index is 0.0805. The maximum atomic E-state index is 13.1. The molecule has 14 heteroatoms. The number of likely N-dealkylation sites (tertiary alicyclic amines) is 1. The van der Waals surface area contributed by atoms with E-state index < -0.39 is 61.9 Å². The molecule has 3 amide bonds. The van der Waals surface area contributed by atoms with Crippen LogP contribution in [0.5, 0.6) is 0 Å². The first-order chi connectivity index (χ1) is 16.2. The number of hydrogen-bond donors (Lipinski definition) is 5. The summed E-state index contributed by atoms with van der Waals surface area (Å²) in [6, 6.07) is 2.18. The monoisotopic (exact) mass is 523 g/mol. The molecule has 0 saturated carbocycles. The normalized spacial score (nSPS) is 16.9. The second-order valence-electron chi connectivity index (χ2n) is 8.39. The standard InChI is InChI=1S/C21H29F3N3O7P/c1-13(29)25-18(12-28)19(30)26-17(8-11-35(32,33)34)20(31)27-9-6-15(7-10-27)14-2-4-16(5-3-14)21(22,23)24/h2-5,15,17-18,28H,6-12H2,1H3,(H,25,29)(H,26,30)(H2,32,33,34)/t17-,18-/m0/s1. The lowest BCUT2D eigenvalue weighted by atomic mass is 9.88. The molecule has 35 heavy (non-hydrogen) atoms. The van der Waals surface area contributed by atoms with Crippen molar-refractivity contribution in [2.75, 3.05) is 25.9 Å². The Balaban J connectivity index is 2.06. The number of hydrogen-bond acceptors (Lipinski definition) is 5. The number of aliphatic hydroxyl groups excluding tert-OH is 1. The summed E-state index contributed by atoms with van der Waals surface area (Å²) in [6.45, 7) is 0.834. The van der Waals surface area contributed by atoms with Gasteiger partial charge in [-0.25, -0.2) is 0 Å². The van der Waals surface area contributed by atoms with E-state index in [0.29, 0.717) is 18.4 Å². The van der Waals surface area contributed by atoms with E-state index >= 15 is 0 Å². The summed E-state index contributed by atoms with van der Waals surface area (Å²) in [5.41, 5.74) is -0.0458. The molecule has 1 aromatic carbocycles. The van der Waals surface area contributed by atoms with Crippen molar-refractivity contribution in [2.24, 2.45) is 0 Å². The summed E-state index contributed by atoms with van der Waals surface area (Å²) in [5, 5.41) is 13.9. The van der Waals surface area contributed by atoms with E-state index in [0.717, 1.165) is 19.1 Å². The Morgan fingerprint density at radius 3 is 2.11 bits per heavy atom. The molecule has 2 rings (SSSR count). The molecule has 0 aromatic heterocycles. The predicted molar refractivity (Wildman–Crippen MR) is 118 cm³/mol. The van der Waals surface area contributed by atoms with Crippen LogP contribution in [0.25, 0.3) is 0 Å². The first-order valence-electron chi connectivity index (χ1n) is 10.9. The van der Waals surface area contributed by atoms with Crippen molar-refractivity contribution >= 4 is 25.3 Å². The van der Waals surface area contributed by atoms with Gasteiger partial charge in [0.1, 0.15) is 12.1 Å². The Bertz CT molecular complexity index is 944. The molecule has 5 N–H and O–H groups in total. The average molecular weight is 523 g/mol. The predicted octanol–water partition coefficient (Wildman–Crippen LogP) is 0.961. The van der Waals surface area contributed by atoms with Crippen LogP contribution in [-0.2, 0) is 25.1 Å². The van der Waals surface area contributed by atoms with Crippen LogP contribution in [0, 0.1) is 0 Å². The number of carbonyl (C=O) groups excluding carboxylic acids is 3. The van der Waals surface area contributed by atoms with Crippen LogP contribution in [0.4, 0.5) is 13.2 Å². The fourth-order valence-electron chi connectivity index (χ4n) is 3.86. The second kappa shape index (κ2) is 12.0. The fourth-order valence-corrected chi connectivity index (χ4v) is 4.46. The highest BCUT2D eigenvalue weighted by Gasteiger charge is 2.34. The Morgan fingerprint density at radius 2 is 1.66 bits per heavy atom. The van der Waals surface area contributed by atoms with Gasteiger partial charge in [0.2, 0.25) is 17.7 Å². The second-order valence-corrected chi connectivity index (χ2v) is 10.2. The van der Waals surface area contributed by atoms with Gasteiger partial charge in [-0.3, -0.25) is 18.9 Å². The van der Waals surface area contributed by atoms with Gasteiger partial charge in [0.05, 0.1) is 18.3 Å². The Kier molecular flexibility index (Phi) is 9.85. The van der Waals surface area contributed by atoms with E-state index in [1.165, 1.54) is 17.0 Å². The van der Waals surface area contributed by atoms with Crippen molar-refractivity contribution < 1.29 is 47.0 Å². The highest BCUT2D eigenvalue weighted by Crippen LogP contribution is 2.36. The first kappa shape index (κ1) is 28.8. The number of piperidine rings is 1. The van der Waals surface area contributed by atoms with Gasteiger partial charge in [-0.2, -0.15) is 13.2 Å². The van der Waals surface area contributed by atoms with Gasteiger partial charge in [0.15, 0.2) is 0 Å². The van der Waals surface area contributed by atoms with Crippen LogP contribution in [-0.4, -0.2) is 75.5 Å². The summed E-state index contributed by atoms with van der Waals surface area (Å²) >= 11 is 0. The number of aliphatic hydroxyl groups is 1. The van der Waals surface area contributed by atoms with Crippen molar-refractivity contribution in [2.45, 2.75) is 50.4 Å². The Hall–Kier alpha value is -2.47. The molecular formula is C21H29F3N3O7P. The van der Waals surface area contributed by atoms with Crippen molar-refractivity contribution in [1.29, 1.82) is 0 Å². The van der Waals surface area contributed by atoms with Gasteiger partial charge >= 0.3 is 13.8 Å². The molecule has 0 spiro atoms. The zero-order valence-electron chi connectivity index (χ0n) is 19.0. The molecule has 0 radical (unpaired) electrons. The molecule has 1 aromatic rings. The zero-order valence-corrected chi connectivity index (χ0v) is 19.9. The Labute approximate surface area is 200 Å². The van der Waals surface area contributed by atoms with Gasteiger partial charge in [-0.1, -0.05) is 12.1 Å². The molecule has 1 fully saturated rings. The van der Waals surface area contributed by atoms with Gasteiger partial charge in [0, 0.05) is 20.0 Å². The maximum Gasteiger partial charge on any atom is 0.416 e. The number of rotatable bonds is 9. The number of amides is 3. The lowest BCUT2D eigenvalue weighted by Crippen LogP contribution is -2.56. The van der Waals surface area contributed by atoms with Crippen LogP contribution in [0.3, 0.4) is 0 Å². The van der Waals surface area contributed by atoms with Gasteiger partial charge < -0.3 is 30.4 Å². The van der Waals surface area contributed by atoms with Crippen LogP contribution in [0.15, 0.2) is 24.3 Å². The third-order valence-electron chi connectivity index (χ3n) is 5.72. The molecule has 0 aliphatic carbocycles. The van der Waals surface area contributed by atoms with Gasteiger partial charge in [0.25, 0.3) is 0 Å². The minimum Gasteiger partial charge on any atom is -0.394 e. The topological polar surface area (TPSA) is 156 Å². The summed E-state index contributed by atoms with van der Waals surface area (Å²) in [7, 11) is -4.48. The quantitative estimate of drug-likeness (QED) is 0.302. The number of carbonyl (C=O) groups is 3. The SMILES string of the molecule is CC(=O)N[C@@H](CO)C(=O)N[C@@H](CCP(=O)(O)O)C(=O)N1CCC(c2ccc(C(F)(F)F)cc2)CC1. The largest absolute Gasteiger partial charge is 0.416 e. The lowest BCUT2D eigenvalue weighted by Gasteiger charge is -2.35. The van der Waals surface area contributed by atoms with E-state index in [-0.39, 0.29) is 25.4 Å². The molecular weight excluding hydrogens is 494 g/mol. The highest BCUT2D eigenvalue weighted by molar-refractivity contribution is 7.51. The summed E-state index contributed by atoms with van der Waals surface area (Å²) < 4.78 is 49.7. The van der Waals surface area contributed by atoms with Crippen LogP contribution >= 0.6 is 7.60 Å². The van der Waals surface area contributed by atoms with Gasteiger partial charge in [-0.05, 0) is 42.9 Å². The summed E-state index contributed by atoms with van der Waals surface area (Å²) in [4.78, 5) is 56.5. The molecule has 1 heterocycles. The molecule has 0 unspecified atom stereocenters. The summed E-state index contributed by atoms with van der Waals surface area (Å²) in [5.74, 6) is -2.14. The van der Waals surface area contributed by atoms with Crippen LogP contribution in [0.1, 0.15) is 43.2 Å². The highest BCUT2D eigenvalue weighted by atomic mass is 31.2. The van der Waals surface area contributed by atoms with E-state index in [4.69, 9.17) is 0 Å². The van der Waals surface area contributed by atoms with Crippen molar-refractivity contribution in [3.63, 3.8) is 0 Å².